The molecule has 4 aliphatic carbocycles. The predicted octanol–water partition coefficient (Wildman–Crippen LogP) is 4.07. The van der Waals surface area contributed by atoms with E-state index in [0.29, 0.717) is 5.41 Å². The molecule has 21 heavy (non-hydrogen) atoms. The summed E-state index contributed by atoms with van der Waals surface area (Å²) < 4.78 is 0. The van der Waals surface area contributed by atoms with Crippen molar-refractivity contribution in [3.63, 3.8) is 0 Å². The molecule has 4 saturated carbocycles. The Morgan fingerprint density at radius 2 is 1.52 bits per heavy atom. The maximum Gasteiger partial charge on any atom is 0.147 e. The van der Waals surface area contributed by atoms with Crippen molar-refractivity contribution in [2.75, 3.05) is 0 Å². The number of hydrogen-bond donors (Lipinski definition) is 0. The van der Waals surface area contributed by atoms with Crippen molar-refractivity contribution in [1.82, 2.24) is 15.2 Å². The van der Waals surface area contributed by atoms with Crippen molar-refractivity contribution in [3.05, 3.63) is 29.5 Å². The maximum absolute atomic E-state index is 4.63. The minimum absolute atomic E-state index is 0.373. The second-order valence-corrected chi connectivity index (χ2v) is 8.32. The van der Waals surface area contributed by atoms with Crippen molar-refractivity contribution in [1.29, 1.82) is 0 Å². The fraction of sp³-hybridized carbons (Fsp3) is 0.588. The zero-order valence-corrected chi connectivity index (χ0v) is 12.9. The van der Waals surface area contributed by atoms with Crippen molar-refractivity contribution < 1.29 is 0 Å². The van der Waals surface area contributed by atoms with E-state index in [1.54, 1.807) is 0 Å². The summed E-state index contributed by atoms with van der Waals surface area (Å²) in [6, 6.07) is 4.06. The molecule has 0 unspecified atom stereocenters. The number of hydrogen-bond acceptors (Lipinski definition) is 4. The highest BCUT2D eigenvalue weighted by Gasteiger charge is 2.53. The van der Waals surface area contributed by atoms with Crippen molar-refractivity contribution in [2.45, 2.75) is 43.9 Å². The van der Waals surface area contributed by atoms with Crippen LogP contribution in [0.25, 0.3) is 10.6 Å². The van der Waals surface area contributed by atoms with Gasteiger partial charge in [-0.2, -0.15) is 0 Å². The minimum atomic E-state index is 0.373. The van der Waals surface area contributed by atoms with Gasteiger partial charge < -0.3 is 0 Å². The van der Waals surface area contributed by atoms with Gasteiger partial charge in [-0.05, 0) is 68.4 Å². The largest absolute Gasteiger partial charge is 0.265 e. The Labute approximate surface area is 128 Å². The Bertz CT molecular complexity index is 628. The number of nitrogens with zero attached hydrogens (tertiary/aromatic N) is 3. The molecule has 0 amide bonds. The predicted molar refractivity (Wildman–Crippen MR) is 83.0 cm³/mol. The van der Waals surface area contributed by atoms with Gasteiger partial charge >= 0.3 is 0 Å². The first-order valence-electron chi connectivity index (χ1n) is 8.05. The van der Waals surface area contributed by atoms with Gasteiger partial charge in [0.1, 0.15) is 10.0 Å². The van der Waals surface area contributed by atoms with Crippen LogP contribution in [-0.4, -0.2) is 15.2 Å². The summed E-state index contributed by atoms with van der Waals surface area (Å²) in [5.74, 6) is 2.89. The lowest BCUT2D eigenvalue weighted by molar-refractivity contribution is -0.00555. The standard InChI is InChI=1S/C17H19N3S/c1-3-18-4-2-14(1)15-19-20-16(21-15)17-8-11-5-12(9-17)7-13(6-11)10-17/h1-4,11-13H,5-10H2. The molecule has 0 N–H and O–H groups in total. The Balaban J connectivity index is 1.52. The lowest BCUT2D eigenvalue weighted by Gasteiger charge is -2.55. The van der Waals surface area contributed by atoms with Crippen molar-refractivity contribution in [2.24, 2.45) is 17.8 Å². The van der Waals surface area contributed by atoms with Gasteiger partial charge in [-0.3, -0.25) is 4.98 Å². The summed E-state index contributed by atoms with van der Waals surface area (Å²) in [5, 5.41) is 11.5. The fourth-order valence-corrected chi connectivity index (χ4v) is 6.49. The fourth-order valence-electron chi connectivity index (χ4n) is 5.42. The Kier molecular flexibility index (Phi) is 2.55. The van der Waals surface area contributed by atoms with Crippen LogP contribution in [0.15, 0.2) is 24.5 Å². The first-order chi connectivity index (χ1) is 10.3. The number of rotatable bonds is 2. The molecular formula is C17H19N3S. The zero-order valence-electron chi connectivity index (χ0n) is 12.0. The van der Waals surface area contributed by atoms with Crippen LogP contribution < -0.4 is 0 Å². The number of aromatic nitrogens is 3. The van der Waals surface area contributed by atoms with E-state index in [2.05, 4.69) is 15.2 Å². The topological polar surface area (TPSA) is 38.7 Å². The van der Waals surface area contributed by atoms with Crippen molar-refractivity contribution in [3.8, 4) is 10.6 Å². The zero-order chi connectivity index (χ0) is 13.9. The van der Waals surface area contributed by atoms with Gasteiger partial charge in [-0.15, -0.1) is 10.2 Å². The van der Waals surface area contributed by atoms with E-state index in [1.807, 2.05) is 35.9 Å². The van der Waals surface area contributed by atoms with Crippen LogP contribution in [-0.2, 0) is 5.41 Å². The van der Waals surface area contributed by atoms with Crippen LogP contribution >= 0.6 is 11.3 Å². The van der Waals surface area contributed by atoms with E-state index in [-0.39, 0.29) is 0 Å². The summed E-state index contributed by atoms with van der Waals surface area (Å²) in [7, 11) is 0. The highest BCUT2D eigenvalue weighted by atomic mass is 32.1. The van der Waals surface area contributed by atoms with Gasteiger partial charge in [0.2, 0.25) is 0 Å². The molecule has 4 heteroatoms. The SMILES string of the molecule is c1cc(-c2nnc(C34CC5CC(CC(C5)C3)C4)s2)ccn1. The summed E-state index contributed by atoms with van der Waals surface area (Å²) in [4.78, 5) is 4.09. The summed E-state index contributed by atoms with van der Waals surface area (Å²) >= 11 is 1.82. The quantitative estimate of drug-likeness (QED) is 0.838. The Morgan fingerprint density at radius 3 is 2.14 bits per heavy atom. The van der Waals surface area contributed by atoms with Gasteiger partial charge in [0.15, 0.2) is 0 Å². The van der Waals surface area contributed by atoms with Gasteiger partial charge in [0.25, 0.3) is 0 Å². The minimum Gasteiger partial charge on any atom is -0.265 e. The lowest BCUT2D eigenvalue weighted by Crippen LogP contribution is -2.48. The highest BCUT2D eigenvalue weighted by molar-refractivity contribution is 7.14. The van der Waals surface area contributed by atoms with Crippen LogP contribution in [0, 0.1) is 17.8 Å². The molecule has 2 aromatic heterocycles. The van der Waals surface area contributed by atoms with E-state index in [9.17, 15) is 0 Å². The third-order valence-electron chi connectivity index (χ3n) is 5.84. The Hall–Kier alpha value is -1.29. The van der Waals surface area contributed by atoms with Gasteiger partial charge in [-0.25, -0.2) is 0 Å². The summed E-state index contributed by atoms with van der Waals surface area (Å²) in [5.41, 5.74) is 1.52. The average molecular weight is 297 g/mol. The molecule has 0 atom stereocenters. The van der Waals surface area contributed by atoms with E-state index in [1.165, 1.54) is 43.5 Å². The van der Waals surface area contributed by atoms with Crippen LogP contribution in [0.3, 0.4) is 0 Å². The molecule has 2 aromatic rings. The second-order valence-electron chi connectivity index (χ2n) is 7.35. The molecule has 108 valence electrons. The first-order valence-corrected chi connectivity index (χ1v) is 8.87. The van der Waals surface area contributed by atoms with E-state index in [4.69, 9.17) is 0 Å². The molecule has 0 saturated heterocycles. The smallest absolute Gasteiger partial charge is 0.147 e. The molecule has 4 bridgehead atoms. The van der Waals surface area contributed by atoms with Gasteiger partial charge in [0, 0.05) is 23.4 Å². The van der Waals surface area contributed by atoms with Crippen LogP contribution in [0.1, 0.15) is 43.5 Å². The molecule has 4 fully saturated rings. The molecule has 0 aromatic carbocycles. The first kappa shape index (κ1) is 12.3. The molecule has 0 aliphatic heterocycles. The highest BCUT2D eigenvalue weighted by Crippen LogP contribution is 2.61. The summed E-state index contributed by atoms with van der Waals surface area (Å²) in [6.07, 6.45) is 12.2. The van der Waals surface area contributed by atoms with E-state index < -0.39 is 0 Å². The molecule has 0 radical (unpaired) electrons. The molecule has 6 rings (SSSR count). The number of pyridine rings is 1. The molecule has 4 aliphatic rings. The van der Waals surface area contributed by atoms with E-state index in [0.717, 1.165) is 28.3 Å². The van der Waals surface area contributed by atoms with Crippen molar-refractivity contribution >= 4 is 11.3 Å². The van der Waals surface area contributed by atoms with Gasteiger partial charge in [-0.1, -0.05) is 11.3 Å². The Morgan fingerprint density at radius 1 is 0.905 bits per heavy atom. The third kappa shape index (κ3) is 1.88. The monoisotopic (exact) mass is 297 g/mol. The molecule has 0 spiro atoms. The molecular weight excluding hydrogens is 278 g/mol. The normalized spacial score (nSPS) is 37.0. The third-order valence-corrected chi connectivity index (χ3v) is 7.06. The summed E-state index contributed by atoms with van der Waals surface area (Å²) in [6.45, 7) is 0. The van der Waals surface area contributed by atoms with Crippen LogP contribution in [0.5, 0.6) is 0 Å². The second kappa shape index (κ2) is 4.35. The average Bonchev–Trinajstić information content (AvgIpc) is 2.97. The molecule has 2 heterocycles. The maximum atomic E-state index is 4.63. The molecule has 3 nitrogen and oxygen atoms in total. The van der Waals surface area contributed by atoms with Gasteiger partial charge in [0.05, 0.1) is 0 Å². The van der Waals surface area contributed by atoms with Crippen LogP contribution in [0.4, 0.5) is 0 Å². The lowest BCUT2D eigenvalue weighted by atomic mass is 9.50. The van der Waals surface area contributed by atoms with Crippen LogP contribution in [0.2, 0.25) is 0 Å². The van der Waals surface area contributed by atoms with E-state index >= 15 is 0 Å².